The molecule has 1 aliphatic rings. The van der Waals surface area contributed by atoms with Crippen LogP contribution in [0.3, 0.4) is 0 Å². The number of imidazole rings is 1. The Balaban J connectivity index is 2.15. The molecule has 5 heteroatoms. The van der Waals surface area contributed by atoms with E-state index in [-0.39, 0.29) is 0 Å². The number of hydrogen-bond acceptors (Lipinski definition) is 3. The summed E-state index contributed by atoms with van der Waals surface area (Å²) in [6, 6.07) is 4.30. The number of carbonyl (C=O) groups is 1. The van der Waals surface area contributed by atoms with E-state index >= 15 is 0 Å². The second kappa shape index (κ2) is 4.62. The van der Waals surface area contributed by atoms with Crippen molar-refractivity contribution in [1.29, 1.82) is 0 Å². The molecule has 0 saturated carbocycles. The summed E-state index contributed by atoms with van der Waals surface area (Å²) in [6.07, 6.45) is 0. The zero-order valence-electron chi connectivity index (χ0n) is 12.8. The van der Waals surface area contributed by atoms with Gasteiger partial charge in [-0.15, -0.1) is 0 Å². The molecule has 5 nitrogen and oxygen atoms in total. The molecule has 1 aromatic heterocycles. The van der Waals surface area contributed by atoms with Crippen LogP contribution in [0, 0.1) is 27.7 Å². The second-order valence-corrected chi connectivity index (χ2v) is 5.70. The molecule has 110 valence electrons. The summed E-state index contributed by atoms with van der Waals surface area (Å²) in [6.45, 7) is 9.43. The quantitative estimate of drug-likeness (QED) is 0.921. The van der Waals surface area contributed by atoms with Gasteiger partial charge in [-0.05, 0) is 38.8 Å². The number of aryl methyl sites for hydroxylation is 4. The summed E-state index contributed by atoms with van der Waals surface area (Å²) in [5.74, 6) is -0.176. The van der Waals surface area contributed by atoms with Crippen molar-refractivity contribution in [3.8, 4) is 0 Å². The largest absolute Gasteiger partial charge is 0.477 e. The van der Waals surface area contributed by atoms with Gasteiger partial charge in [-0.1, -0.05) is 17.7 Å². The molecule has 21 heavy (non-hydrogen) atoms. The summed E-state index contributed by atoms with van der Waals surface area (Å²) in [4.78, 5) is 18.0. The van der Waals surface area contributed by atoms with Crippen molar-refractivity contribution in [2.45, 2.75) is 34.2 Å². The number of aromatic nitrogens is 2. The van der Waals surface area contributed by atoms with Gasteiger partial charge in [0.25, 0.3) is 0 Å². The van der Waals surface area contributed by atoms with Gasteiger partial charge in [0.1, 0.15) is 0 Å². The Labute approximate surface area is 123 Å². The Morgan fingerprint density at radius 3 is 2.33 bits per heavy atom. The lowest BCUT2D eigenvalue weighted by Gasteiger charge is -2.21. The summed E-state index contributed by atoms with van der Waals surface area (Å²) in [5.41, 5.74) is 5.64. The van der Waals surface area contributed by atoms with Crippen LogP contribution < -0.4 is 4.90 Å². The monoisotopic (exact) mass is 285 g/mol. The molecule has 0 radical (unpaired) electrons. The van der Waals surface area contributed by atoms with E-state index in [0.717, 1.165) is 18.2 Å². The van der Waals surface area contributed by atoms with Gasteiger partial charge in [0.15, 0.2) is 5.69 Å². The number of hydrogen-bond donors (Lipinski definition) is 1. The van der Waals surface area contributed by atoms with Crippen LogP contribution in [0.25, 0.3) is 0 Å². The number of aromatic carboxylic acids is 1. The van der Waals surface area contributed by atoms with E-state index in [0.29, 0.717) is 17.9 Å². The molecule has 0 spiro atoms. The van der Waals surface area contributed by atoms with Crippen molar-refractivity contribution in [3.05, 3.63) is 40.2 Å². The number of anilines is 2. The van der Waals surface area contributed by atoms with Gasteiger partial charge in [0, 0.05) is 18.8 Å². The van der Waals surface area contributed by atoms with Crippen LogP contribution in [0.1, 0.15) is 32.9 Å². The number of carboxylic acids is 1. The third kappa shape index (κ3) is 2.00. The molecular weight excluding hydrogens is 266 g/mol. The number of nitrogens with zero attached hydrogens (tertiary/aromatic N) is 3. The average molecular weight is 285 g/mol. The van der Waals surface area contributed by atoms with Crippen LogP contribution >= 0.6 is 0 Å². The molecule has 1 N–H and O–H groups in total. The highest BCUT2D eigenvalue weighted by Gasteiger charge is 2.30. The minimum atomic E-state index is -0.912. The van der Waals surface area contributed by atoms with Crippen LogP contribution in [0.2, 0.25) is 0 Å². The van der Waals surface area contributed by atoms with Gasteiger partial charge >= 0.3 is 5.97 Å². The fourth-order valence-electron chi connectivity index (χ4n) is 3.36. The average Bonchev–Trinajstić information content (AvgIpc) is 2.86. The number of benzene rings is 1. The van der Waals surface area contributed by atoms with E-state index in [4.69, 9.17) is 0 Å². The van der Waals surface area contributed by atoms with Crippen molar-refractivity contribution in [3.63, 3.8) is 0 Å². The maximum Gasteiger partial charge on any atom is 0.354 e. The van der Waals surface area contributed by atoms with Gasteiger partial charge < -0.3 is 14.6 Å². The Morgan fingerprint density at radius 1 is 1.14 bits per heavy atom. The van der Waals surface area contributed by atoms with Gasteiger partial charge in [-0.25, -0.2) is 9.78 Å². The fraction of sp³-hybridized carbons (Fsp3) is 0.375. The predicted molar refractivity (Wildman–Crippen MR) is 81.6 cm³/mol. The fourth-order valence-corrected chi connectivity index (χ4v) is 3.36. The third-order valence-corrected chi connectivity index (χ3v) is 4.02. The van der Waals surface area contributed by atoms with Crippen molar-refractivity contribution in [2.24, 2.45) is 0 Å². The molecule has 2 aromatic rings. The normalized spacial score (nSPS) is 13.6. The molecule has 2 heterocycles. The molecule has 0 atom stereocenters. The standard InChI is InChI=1S/C16H19N3O2/c1-9-7-10(2)13(11(3)8-9)18-5-6-19-14(15(20)21)12(4)17-16(18)19/h7-8H,5-6H2,1-4H3,(H,20,21). The summed E-state index contributed by atoms with van der Waals surface area (Å²) in [5, 5.41) is 9.34. The lowest BCUT2D eigenvalue weighted by atomic mass is 10.0. The summed E-state index contributed by atoms with van der Waals surface area (Å²) in [7, 11) is 0. The Bertz CT molecular complexity index is 723. The van der Waals surface area contributed by atoms with Crippen LogP contribution in [0.5, 0.6) is 0 Å². The molecule has 0 saturated heterocycles. The molecule has 0 amide bonds. The molecule has 1 aromatic carbocycles. The highest BCUT2D eigenvalue weighted by atomic mass is 16.4. The molecule has 3 rings (SSSR count). The van der Waals surface area contributed by atoms with E-state index in [1.54, 1.807) is 11.5 Å². The van der Waals surface area contributed by atoms with Crippen molar-refractivity contribution < 1.29 is 9.90 Å². The van der Waals surface area contributed by atoms with Crippen molar-refractivity contribution in [2.75, 3.05) is 11.4 Å². The first-order valence-corrected chi connectivity index (χ1v) is 7.06. The maximum absolute atomic E-state index is 11.4. The van der Waals surface area contributed by atoms with Gasteiger partial charge in [-0.3, -0.25) is 0 Å². The van der Waals surface area contributed by atoms with Gasteiger partial charge in [-0.2, -0.15) is 0 Å². The zero-order valence-corrected chi connectivity index (χ0v) is 12.8. The van der Waals surface area contributed by atoms with Crippen LogP contribution in [-0.2, 0) is 6.54 Å². The van der Waals surface area contributed by atoms with Crippen LogP contribution in [-0.4, -0.2) is 27.2 Å². The number of fused-ring (bicyclic) bond motifs is 1. The summed E-state index contributed by atoms with van der Waals surface area (Å²) >= 11 is 0. The van der Waals surface area contributed by atoms with Gasteiger partial charge in [0.2, 0.25) is 5.95 Å². The first-order chi connectivity index (χ1) is 9.90. The van der Waals surface area contributed by atoms with E-state index in [9.17, 15) is 9.90 Å². The molecule has 1 aliphatic heterocycles. The highest BCUT2D eigenvalue weighted by Crippen LogP contribution is 2.36. The number of rotatable bonds is 2. The molecule has 0 aliphatic carbocycles. The van der Waals surface area contributed by atoms with E-state index in [1.165, 1.54) is 16.7 Å². The van der Waals surface area contributed by atoms with E-state index in [1.807, 2.05) is 0 Å². The van der Waals surface area contributed by atoms with Crippen molar-refractivity contribution >= 4 is 17.6 Å². The van der Waals surface area contributed by atoms with Gasteiger partial charge in [0.05, 0.1) is 5.69 Å². The Hall–Kier alpha value is -2.30. The highest BCUT2D eigenvalue weighted by molar-refractivity contribution is 5.88. The SMILES string of the molecule is Cc1cc(C)c(N2CCn3c2nc(C)c3C(=O)O)c(C)c1. The lowest BCUT2D eigenvalue weighted by Crippen LogP contribution is -2.17. The van der Waals surface area contributed by atoms with Crippen LogP contribution in [0.15, 0.2) is 12.1 Å². The van der Waals surface area contributed by atoms with Crippen molar-refractivity contribution in [1.82, 2.24) is 9.55 Å². The molecule has 0 unspecified atom stereocenters. The first kappa shape index (κ1) is 13.7. The smallest absolute Gasteiger partial charge is 0.354 e. The third-order valence-electron chi connectivity index (χ3n) is 4.02. The zero-order chi connectivity index (χ0) is 15.3. The topological polar surface area (TPSA) is 58.4 Å². The molecule has 0 bridgehead atoms. The van der Waals surface area contributed by atoms with E-state index in [2.05, 4.69) is 42.8 Å². The maximum atomic E-state index is 11.4. The number of carboxylic acid groups (broad SMARTS) is 1. The lowest BCUT2D eigenvalue weighted by molar-refractivity contribution is 0.0685. The summed E-state index contributed by atoms with van der Waals surface area (Å²) < 4.78 is 1.80. The van der Waals surface area contributed by atoms with Crippen LogP contribution in [0.4, 0.5) is 11.6 Å². The Kier molecular flexibility index (Phi) is 3.01. The molecular formula is C16H19N3O2. The minimum Gasteiger partial charge on any atom is -0.477 e. The first-order valence-electron chi connectivity index (χ1n) is 7.06. The predicted octanol–water partition coefficient (Wildman–Crippen LogP) is 2.97. The van der Waals surface area contributed by atoms with E-state index < -0.39 is 5.97 Å². The molecule has 0 fully saturated rings. The minimum absolute atomic E-state index is 0.301. The second-order valence-electron chi connectivity index (χ2n) is 5.70. The Morgan fingerprint density at radius 2 is 1.76 bits per heavy atom.